The van der Waals surface area contributed by atoms with Gasteiger partial charge in [0.25, 0.3) is 0 Å². The first-order chi connectivity index (χ1) is 11.3. The molecule has 1 amide bonds. The number of hydrogen-bond donors (Lipinski definition) is 0. The van der Waals surface area contributed by atoms with Crippen LogP contribution in [0.3, 0.4) is 0 Å². The van der Waals surface area contributed by atoms with E-state index in [2.05, 4.69) is 19.8 Å². The molecule has 1 aliphatic heterocycles. The fraction of sp³-hybridized carbons (Fsp3) is 0.556. The van der Waals surface area contributed by atoms with Gasteiger partial charge >= 0.3 is 152 Å². The first kappa shape index (κ1) is 20.1. The van der Waals surface area contributed by atoms with Gasteiger partial charge in [-0.3, -0.25) is 0 Å². The third kappa shape index (κ3) is 5.15. The predicted molar refractivity (Wildman–Crippen MR) is 97.9 cm³/mol. The number of aromatic nitrogens is 1. The van der Waals surface area contributed by atoms with Crippen LogP contribution in [0.1, 0.15) is 26.3 Å². The van der Waals surface area contributed by atoms with Crippen molar-refractivity contribution in [3.63, 3.8) is 0 Å². The van der Waals surface area contributed by atoms with Gasteiger partial charge < -0.3 is 0 Å². The zero-order valence-corrected chi connectivity index (χ0v) is 18.5. The van der Waals surface area contributed by atoms with Crippen molar-refractivity contribution in [3.8, 4) is 0 Å². The van der Waals surface area contributed by atoms with E-state index in [-0.39, 0.29) is 12.1 Å². The number of carbonyl (C=O) groups excluding carboxylic acids is 1. The molecule has 0 spiro atoms. The summed E-state index contributed by atoms with van der Waals surface area (Å²) in [6.45, 7) is 4.57. The van der Waals surface area contributed by atoms with Crippen molar-refractivity contribution in [2.75, 3.05) is 13.1 Å². The summed E-state index contributed by atoms with van der Waals surface area (Å²) in [5.41, 5.74) is -0.257. The van der Waals surface area contributed by atoms with Crippen molar-refractivity contribution in [1.82, 2.24) is 9.88 Å². The molecular weight excluding hydrogens is 433 g/mol. The number of carbonyl (C=O) groups is 1. The first-order valence-electron chi connectivity index (χ1n) is 8.33. The van der Waals surface area contributed by atoms with E-state index in [1.165, 1.54) is 6.08 Å². The maximum absolute atomic E-state index is 14.7. The Bertz CT molecular complexity index is 691. The second-order valence-electron chi connectivity index (χ2n) is 8.36. The van der Waals surface area contributed by atoms with Crippen LogP contribution in [0.5, 0.6) is 0 Å². The summed E-state index contributed by atoms with van der Waals surface area (Å²) in [4.78, 5) is 24.1. The Kier molecular flexibility index (Phi) is 5.52. The van der Waals surface area contributed by atoms with Crippen molar-refractivity contribution in [2.24, 2.45) is 0 Å². The van der Waals surface area contributed by atoms with Crippen LogP contribution in [0.4, 0.5) is 13.6 Å². The molecule has 0 radical (unpaired) electrons. The molecule has 0 aliphatic carbocycles. The summed E-state index contributed by atoms with van der Waals surface area (Å²) in [5.74, 6) is -3.12. The Labute approximate surface area is 152 Å². The molecule has 0 fully saturated rings. The fourth-order valence-electron chi connectivity index (χ4n) is 2.54. The van der Waals surface area contributed by atoms with E-state index in [4.69, 9.17) is 4.74 Å². The zero-order chi connectivity index (χ0) is 19.0. The number of ether oxygens (including phenoxy) is 1. The molecule has 2 rings (SSSR count). The van der Waals surface area contributed by atoms with Crippen LogP contribution >= 0.6 is 0 Å². The summed E-state index contributed by atoms with van der Waals surface area (Å²) in [6, 6.07) is 3.41. The minimum absolute atomic E-state index is 0.0357. The van der Waals surface area contributed by atoms with Gasteiger partial charge in [0.1, 0.15) is 0 Å². The third-order valence-corrected chi connectivity index (χ3v) is 8.96. The summed E-state index contributed by atoms with van der Waals surface area (Å²) in [5, 5.41) is 0. The monoisotopic (exact) mass is 460 g/mol. The Hall–Kier alpha value is -1.18. The second kappa shape index (κ2) is 6.85. The average Bonchev–Trinajstić information content (AvgIpc) is 2.43. The van der Waals surface area contributed by atoms with E-state index in [1.54, 1.807) is 39.1 Å². The van der Waals surface area contributed by atoms with E-state index in [0.717, 1.165) is 8.61 Å². The van der Waals surface area contributed by atoms with Crippen molar-refractivity contribution in [3.05, 3.63) is 30.0 Å². The topological polar surface area (TPSA) is 42.4 Å². The van der Waals surface area contributed by atoms with E-state index in [9.17, 15) is 13.6 Å². The quantitative estimate of drug-likeness (QED) is 0.631. The summed E-state index contributed by atoms with van der Waals surface area (Å²) in [6.07, 6.45) is 2.30. The molecule has 2 heterocycles. The van der Waals surface area contributed by atoms with Crippen LogP contribution in [-0.2, 0) is 4.74 Å². The molecule has 0 atom stereocenters. The molecule has 0 unspecified atom stereocenters. The number of hydrogen-bond acceptors (Lipinski definition) is 3. The Morgan fingerprint density at radius 3 is 2.48 bits per heavy atom. The predicted octanol–water partition coefficient (Wildman–Crippen LogP) is 3.90. The minimum atomic E-state index is -3.12. The normalized spacial score (nSPS) is 17.9. The Morgan fingerprint density at radius 2 is 1.96 bits per heavy atom. The third-order valence-electron chi connectivity index (χ3n) is 3.79. The molecule has 1 aromatic heterocycles. The van der Waals surface area contributed by atoms with Gasteiger partial charge in [0.15, 0.2) is 0 Å². The SMILES string of the molecule is CC(C)(C)OC(=O)N1CC=C(c2ccn[c]([Sn]([CH3])([CH3])[CH3])c2)C(F)(F)C1. The van der Waals surface area contributed by atoms with Gasteiger partial charge in [0.05, 0.1) is 0 Å². The number of rotatable bonds is 2. The number of pyridine rings is 1. The number of amides is 1. The molecule has 0 saturated heterocycles. The van der Waals surface area contributed by atoms with E-state index in [1.807, 2.05) is 0 Å². The van der Waals surface area contributed by atoms with Crippen LogP contribution < -0.4 is 3.71 Å². The summed E-state index contributed by atoms with van der Waals surface area (Å²) >= 11 is -2.45. The molecule has 0 N–H and O–H groups in total. The van der Waals surface area contributed by atoms with Crippen LogP contribution in [0, 0.1) is 0 Å². The molecule has 0 aromatic carbocycles. The molecule has 138 valence electrons. The molecule has 7 heteroatoms. The van der Waals surface area contributed by atoms with Gasteiger partial charge in [-0.1, -0.05) is 0 Å². The molecule has 0 saturated carbocycles. The van der Waals surface area contributed by atoms with Crippen LogP contribution in [0.25, 0.3) is 5.57 Å². The molecule has 1 aromatic rings. The molecule has 1 aliphatic rings. The van der Waals surface area contributed by atoms with E-state index in [0.29, 0.717) is 5.56 Å². The molecule has 0 bridgehead atoms. The van der Waals surface area contributed by atoms with Gasteiger partial charge in [0, 0.05) is 0 Å². The van der Waals surface area contributed by atoms with E-state index < -0.39 is 42.5 Å². The maximum atomic E-state index is 14.7. The van der Waals surface area contributed by atoms with Gasteiger partial charge in [-0.25, -0.2) is 0 Å². The molecule has 4 nitrogen and oxygen atoms in total. The fourth-order valence-corrected chi connectivity index (χ4v) is 5.54. The van der Waals surface area contributed by atoms with E-state index >= 15 is 0 Å². The van der Waals surface area contributed by atoms with Crippen molar-refractivity contribution in [1.29, 1.82) is 0 Å². The summed E-state index contributed by atoms with van der Waals surface area (Å²) in [7, 11) is 0. The van der Waals surface area contributed by atoms with Crippen molar-refractivity contribution in [2.45, 2.75) is 47.1 Å². The van der Waals surface area contributed by atoms with Gasteiger partial charge in [-0.15, -0.1) is 0 Å². The summed E-state index contributed by atoms with van der Waals surface area (Å²) < 4.78 is 35.6. The van der Waals surface area contributed by atoms with Gasteiger partial charge in [-0.05, 0) is 0 Å². The van der Waals surface area contributed by atoms with Crippen LogP contribution in [0.15, 0.2) is 24.4 Å². The van der Waals surface area contributed by atoms with Crippen LogP contribution in [-0.4, -0.2) is 59.0 Å². The zero-order valence-electron chi connectivity index (χ0n) is 15.7. The molecule has 25 heavy (non-hydrogen) atoms. The number of alkyl halides is 2. The molecular formula is C18H26F2N2O2Sn. The van der Waals surface area contributed by atoms with Gasteiger partial charge in [-0.2, -0.15) is 0 Å². The standard InChI is InChI=1S/C15H17F2N2O2.3CH3.Sn/c1-14(2,3)21-13(20)19-9-6-12(15(16,17)10-19)11-4-7-18-8-5-11;;;;/h4-7H,9-10H2,1-3H3;3*1H3;. The Morgan fingerprint density at radius 1 is 1.32 bits per heavy atom. The second-order valence-corrected chi connectivity index (χ2v) is 22.7. The van der Waals surface area contributed by atoms with Crippen molar-refractivity contribution < 1.29 is 18.3 Å². The Balaban J connectivity index is 2.28. The number of halogens is 2. The average molecular weight is 459 g/mol. The first-order valence-corrected chi connectivity index (χ1v) is 18.3. The van der Waals surface area contributed by atoms with Gasteiger partial charge in [0.2, 0.25) is 0 Å². The van der Waals surface area contributed by atoms with Crippen LogP contribution in [0.2, 0.25) is 14.8 Å². The van der Waals surface area contributed by atoms with Crippen molar-refractivity contribution >= 4 is 33.8 Å². The number of nitrogens with zero attached hydrogens (tertiary/aromatic N) is 2.